The van der Waals surface area contributed by atoms with Crippen LogP contribution in [-0.4, -0.2) is 32.6 Å². The lowest BCUT2D eigenvalue weighted by molar-refractivity contribution is -0.0798. The molecule has 2 atom stereocenters. The van der Waals surface area contributed by atoms with Crippen LogP contribution < -0.4 is 0 Å². The molecule has 0 aliphatic carbocycles. The smallest absolute Gasteiger partial charge is 0.126 e. The number of aromatic nitrogens is 2. The Balaban J connectivity index is 1.78. The summed E-state index contributed by atoms with van der Waals surface area (Å²) < 4.78 is 15.2. The lowest BCUT2D eigenvalue weighted by atomic mass is 9.74. The maximum Gasteiger partial charge on any atom is 0.126 e. The van der Waals surface area contributed by atoms with Gasteiger partial charge in [-0.2, -0.15) is 0 Å². The van der Waals surface area contributed by atoms with E-state index in [0.717, 1.165) is 12.4 Å². The van der Waals surface area contributed by atoms with Crippen LogP contribution in [-0.2, 0) is 7.05 Å². The van der Waals surface area contributed by atoms with Crippen LogP contribution >= 0.6 is 11.6 Å². The number of aliphatic hydroxyl groups excluding tert-OH is 1. The molecule has 1 aliphatic heterocycles. The van der Waals surface area contributed by atoms with Gasteiger partial charge in [0.2, 0.25) is 0 Å². The van der Waals surface area contributed by atoms with E-state index in [1.165, 1.54) is 12.1 Å². The van der Waals surface area contributed by atoms with E-state index in [9.17, 15) is 9.50 Å². The van der Waals surface area contributed by atoms with Crippen LogP contribution in [0.25, 0.3) is 0 Å². The zero-order valence-electron chi connectivity index (χ0n) is 13.5. The third kappa shape index (κ3) is 3.01. The number of aryl methyl sites for hydroxylation is 1. The van der Waals surface area contributed by atoms with Crippen molar-refractivity contribution >= 4 is 11.6 Å². The SMILES string of the molecule is Cn1ccnc1[C@H]1N(C[C@H](O)c2ccc(F)cc2Cl)CC1(C)C. The van der Waals surface area contributed by atoms with Crippen molar-refractivity contribution in [2.45, 2.75) is 26.0 Å². The van der Waals surface area contributed by atoms with Gasteiger partial charge >= 0.3 is 0 Å². The molecule has 124 valence electrons. The zero-order chi connectivity index (χ0) is 16.8. The van der Waals surface area contributed by atoms with Crippen molar-refractivity contribution in [1.82, 2.24) is 14.5 Å². The molecule has 6 heteroatoms. The molecule has 2 aromatic rings. The number of benzene rings is 1. The summed E-state index contributed by atoms with van der Waals surface area (Å²) in [5, 5.41) is 10.8. The second-order valence-electron chi connectivity index (χ2n) is 6.90. The molecule has 0 spiro atoms. The van der Waals surface area contributed by atoms with Crippen LogP contribution in [0.1, 0.15) is 37.4 Å². The Morgan fingerprint density at radius 1 is 1.48 bits per heavy atom. The molecule has 1 aromatic carbocycles. The number of hydrogen-bond acceptors (Lipinski definition) is 3. The van der Waals surface area contributed by atoms with Gasteiger partial charge in [0.1, 0.15) is 11.6 Å². The van der Waals surface area contributed by atoms with E-state index >= 15 is 0 Å². The second kappa shape index (κ2) is 5.89. The average molecular weight is 338 g/mol. The number of halogens is 2. The monoisotopic (exact) mass is 337 g/mol. The molecule has 0 bridgehead atoms. The standard InChI is InChI=1S/C17H21ClFN3O/c1-17(2)10-22(15(17)16-20-6-7-21(16)3)9-14(23)12-5-4-11(19)8-13(12)18/h4-8,14-15,23H,9-10H2,1-3H3/t14-,15+/m0/s1. The van der Waals surface area contributed by atoms with Crippen LogP contribution in [0.2, 0.25) is 5.02 Å². The third-order valence-electron chi connectivity index (χ3n) is 4.55. The first-order chi connectivity index (χ1) is 10.8. The van der Waals surface area contributed by atoms with Crippen LogP contribution in [0.5, 0.6) is 0 Å². The van der Waals surface area contributed by atoms with E-state index in [0.29, 0.717) is 12.1 Å². The van der Waals surface area contributed by atoms with Gasteiger partial charge in [0.05, 0.1) is 12.1 Å². The van der Waals surface area contributed by atoms with E-state index in [4.69, 9.17) is 11.6 Å². The van der Waals surface area contributed by atoms with Crippen LogP contribution in [0.4, 0.5) is 4.39 Å². The van der Waals surface area contributed by atoms with Crippen molar-refractivity contribution in [2.24, 2.45) is 12.5 Å². The molecule has 0 saturated carbocycles. The summed E-state index contributed by atoms with van der Waals surface area (Å²) in [4.78, 5) is 6.64. The Morgan fingerprint density at radius 2 is 2.22 bits per heavy atom. The topological polar surface area (TPSA) is 41.3 Å². The molecule has 1 fully saturated rings. The predicted molar refractivity (Wildman–Crippen MR) is 87.7 cm³/mol. The lowest BCUT2D eigenvalue weighted by Gasteiger charge is -2.54. The summed E-state index contributed by atoms with van der Waals surface area (Å²) >= 11 is 6.05. The van der Waals surface area contributed by atoms with E-state index < -0.39 is 11.9 Å². The van der Waals surface area contributed by atoms with Crippen molar-refractivity contribution in [2.75, 3.05) is 13.1 Å². The Kier molecular flexibility index (Phi) is 4.21. The summed E-state index contributed by atoms with van der Waals surface area (Å²) in [5.41, 5.74) is 0.641. The van der Waals surface area contributed by atoms with Crippen molar-refractivity contribution < 1.29 is 9.50 Å². The Bertz CT molecular complexity index is 716. The lowest BCUT2D eigenvalue weighted by Crippen LogP contribution is -2.57. The Hall–Kier alpha value is -1.43. The first-order valence-electron chi connectivity index (χ1n) is 7.64. The van der Waals surface area contributed by atoms with Crippen molar-refractivity contribution in [1.29, 1.82) is 0 Å². The molecule has 1 saturated heterocycles. The van der Waals surface area contributed by atoms with Gasteiger partial charge in [0.25, 0.3) is 0 Å². The van der Waals surface area contributed by atoms with Gasteiger partial charge in [0.15, 0.2) is 0 Å². The maximum atomic E-state index is 13.2. The van der Waals surface area contributed by atoms with Gasteiger partial charge < -0.3 is 9.67 Å². The predicted octanol–water partition coefficient (Wildman–Crippen LogP) is 3.33. The summed E-state index contributed by atoms with van der Waals surface area (Å²) in [6.45, 7) is 5.69. The summed E-state index contributed by atoms with van der Waals surface area (Å²) in [6.07, 6.45) is 2.95. The molecule has 1 aliphatic rings. The van der Waals surface area contributed by atoms with Gasteiger partial charge in [-0.25, -0.2) is 9.37 Å². The first kappa shape index (κ1) is 16.4. The Labute approximate surface area is 140 Å². The molecule has 4 nitrogen and oxygen atoms in total. The number of nitrogens with zero attached hydrogens (tertiary/aromatic N) is 3. The maximum absolute atomic E-state index is 13.2. The van der Waals surface area contributed by atoms with E-state index in [-0.39, 0.29) is 16.5 Å². The number of likely N-dealkylation sites (tertiary alicyclic amines) is 1. The fourth-order valence-electron chi connectivity index (χ4n) is 3.50. The van der Waals surface area contributed by atoms with Gasteiger partial charge in [-0.1, -0.05) is 31.5 Å². The number of rotatable bonds is 4. The molecular weight excluding hydrogens is 317 g/mol. The van der Waals surface area contributed by atoms with Crippen molar-refractivity contribution in [3.05, 3.63) is 52.8 Å². The number of aliphatic hydroxyl groups is 1. The molecule has 1 aromatic heterocycles. The highest BCUT2D eigenvalue weighted by Gasteiger charge is 2.48. The van der Waals surface area contributed by atoms with Crippen LogP contribution in [0.15, 0.2) is 30.6 Å². The van der Waals surface area contributed by atoms with Gasteiger partial charge in [0, 0.05) is 48.5 Å². The van der Waals surface area contributed by atoms with Gasteiger partial charge in [-0.3, -0.25) is 4.90 Å². The quantitative estimate of drug-likeness (QED) is 0.930. The fourth-order valence-corrected chi connectivity index (χ4v) is 3.79. The highest BCUT2D eigenvalue weighted by molar-refractivity contribution is 6.31. The molecule has 0 amide bonds. The highest BCUT2D eigenvalue weighted by Crippen LogP contribution is 2.48. The summed E-state index contributed by atoms with van der Waals surface area (Å²) in [7, 11) is 1.97. The fraction of sp³-hybridized carbons (Fsp3) is 0.471. The molecule has 23 heavy (non-hydrogen) atoms. The third-order valence-corrected chi connectivity index (χ3v) is 4.88. The molecule has 2 heterocycles. The van der Waals surface area contributed by atoms with Crippen LogP contribution in [0.3, 0.4) is 0 Å². The largest absolute Gasteiger partial charge is 0.387 e. The number of hydrogen-bond donors (Lipinski definition) is 1. The van der Waals surface area contributed by atoms with Crippen molar-refractivity contribution in [3.8, 4) is 0 Å². The van der Waals surface area contributed by atoms with E-state index in [1.807, 2.05) is 17.8 Å². The van der Waals surface area contributed by atoms with Crippen LogP contribution in [0, 0.1) is 11.2 Å². The molecule has 0 radical (unpaired) electrons. The normalized spacial score (nSPS) is 21.9. The van der Waals surface area contributed by atoms with E-state index in [1.54, 1.807) is 12.3 Å². The minimum absolute atomic E-state index is 0.0887. The second-order valence-corrected chi connectivity index (χ2v) is 7.31. The van der Waals surface area contributed by atoms with Gasteiger partial charge in [-0.05, 0) is 12.1 Å². The van der Waals surface area contributed by atoms with Gasteiger partial charge in [-0.15, -0.1) is 0 Å². The van der Waals surface area contributed by atoms with Crippen molar-refractivity contribution in [3.63, 3.8) is 0 Å². The molecule has 3 rings (SSSR count). The zero-order valence-corrected chi connectivity index (χ0v) is 14.3. The molecular formula is C17H21ClFN3O. The molecule has 0 unspecified atom stereocenters. The first-order valence-corrected chi connectivity index (χ1v) is 8.01. The average Bonchev–Trinajstić information content (AvgIpc) is 2.83. The summed E-state index contributed by atoms with van der Waals surface area (Å²) in [5.74, 6) is 0.584. The minimum atomic E-state index is -0.762. The minimum Gasteiger partial charge on any atom is -0.387 e. The Morgan fingerprint density at radius 3 is 2.78 bits per heavy atom. The highest BCUT2D eigenvalue weighted by atomic mass is 35.5. The van der Waals surface area contributed by atoms with E-state index in [2.05, 4.69) is 23.7 Å². The number of β-amino-alcohol motifs (C(OH)–C–C–N with tert-alkyl or cyclic N) is 1. The summed E-state index contributed by atoms with van der Waals surface area (Å²) in [6, 6.07) is 4.23. The number of imidazole rings is 1. The molecule has 1 N–H and O–H groups in total.